The van der Waals surface area contributed by atoms with Crippen LogP contribution in [0.3, 0.4) is 0 Å². The first-order valence-corrected chi connectivity index (χ1v) is 15.8. The van der Waals surface area contributed by atoms with Gasteiger partial charge in [0.25, 0.3) is 0 Å². The fourth-order valence-corrected chi connectivity index (χ4v) is 8.14. The lowest BCUT2D eigenvalue weighted by Gasteiger charge is -2.17. The summed E-state index contributed by atoms with van der Waals surface area (Å²) in [7, 11) is 0. The van der Waals surface area contributed by atoms with Crippen molar-refractivity contribution in [2.24, 2.45) is 0 Å². The summed E-state index contributed by atoms with van der Waals surface area (Å²) in [4.78, 5) is 11.2. The van der Waals surface area contributed by atoms with Crippen LogP contribution in [0.1, 0.15) is 0 Å². The van der Waals surface area contributed by atoms with Crippen LogP contribution in [0.5, 0.6) is 0 Å². The SMILES string of the molecule is c1ccc2c(c1)ccc1ccc3c4nc5c6ccccc6c6ccccc6c5nc4c4ccc5ccc6ccccc6c5c4c3c12. The molecule has 0 aliphatic heterocycles. The number of hydrogen-bond donors (Lipinski definition) is 0. The molecule has 0 bridgehead atoms. The molecule has 1 aromatic heterocycles. The van der Waals surface area contributed by atoms with E-state index in [0.29, 0.717) is 0 Å². The van der Waals surface area contributed by atoms with Crippen molar-refractivity contribution in [2.45, 2.75) is 0 Å². The molecule has 11 rings (SSSR count). The minimum Gasteiger partial charge on any atom is -0.243 e. The number of nitrogens with zero attached hydrogens (tertiary/aromatic N) is 2. The minimum atomic E-state index is 0.949. The van der Waals surface area contributed by atoms with Gasteiger partial charge in [0.05, 0.1) is 22.1 Å². The molecule has 2 heteroatoms. The average molecular weight is 581 g/mol. The molecule has 0 saturated carbocycles. The summed E-state index contributed by atoms with van der Waals surface area (Å²) in [6.45, 7) is 0. The van der Waals surface area contributed by atoms with Gasteiger partial charge in [-0.05, 0) is 53.9 Å². The maximum Gasteiger partial charge on any atom is 0.0980 e. The number of benzene rings is 10. The maximum atomic E-state index is 5.60. The van der Waals surface area contributed by atoms with Gasteiger partial charge in [0.2, 0.25) is 0 Å². The summed E-state index contributed by atoms with van der Waals surface area (Å²) in [5, 5.41) is 19.4. The lowest BCUT2D eigenvalue weighted by molar-refractivity contribution is 1.44. The van der Waals surface area contributed by atoms with Gasteiger partial charge < -0.3 is 0 Å². The molecule has 0 amide bonds. The van der Waals surface area contributed by atoms with Crippen LogP contribution in [0.25, 0.3) is 108 Å². The van der Waals surface area contributed by atoms with Gasteiger partial charge in [-0.15, -0.1) is 0 Å². The van der Waals surface area contributed by atoms with Gasteiger partial charge in [-0.25, -0.2) is 9.97 Å². The second-order valence-electron chi connectivity index (χ2n) is 12.5. The fraction of sp³-hybridized carbons (Fsp3) is 0. The molecule has 0 atom stereocenters. The van der Waals surface area contributed by atoms with E-state index in [-0.39, 0.29) is 0 Å². The molecule has 46 heavy (non-hydrogen) atoms. The van der Waals surface area contributed by atoms with Crippen LogP contribution in [0.15, 0.2) is 146 Å². The summed E-state index contributed by atoms with van der Waals surface area (Å²) in [6, 6.07) is 52.9. The van der Waals surface area contributed by atoms with Crippen molar-refractivity contribution in [3.63, 3.8) is 0 Å². The van der Waals surface area contributed by atoms with E-state index in [1.54, 1.807) is 0 Å². The molecule has 0 aliphatic carbocycles. The molecular weight excluding hydrogens is 556 g/mol. The van der Waals surface area contributed by atoms with Crippen molar-refractivity contribution in [1.29, 1.82) is 0 Å². The van der Waals surface area contributed by atoms with Crippen LogP contribution in [-0.4, -0.2) is 9.97 Å². The van der Waals surface area contributed by atoms with Crippen molar-refractivity contribution in [2.75, 3.05) is 0 Å². The Bertz CT molecular complexity index is 2920. The van der Waals surface area contributed by atoms with E-state index in [2.05, 4.69) is 146 Å². The topological polar surface area (TPSA) is 25.8 Å². The third-order valence-corrected chi connectivity index (χ3v) is 10.1. The molecule has 210 valence electrons. The second kappa shape index (κ2) is 8.74. The zero-order chi connectivity index (χ0) is 29.9. The lowest BCUT2D eigenvalue weighted by Crippen LogP contribution is -1.95. The van der Waals surface area contributed by atoms with Crippen LogP contribution in [0, 0.1) is 0 Å². The molecule has 0 radical (unpaired) electrons. The second-order valence-corrected chi connectivity index (χ2v) is 12.5. The monoisotopic (exact) mass is 580 g/mol. The summed E-state index contributed by atoms with van der Waals surface area (Å²) in [6.07, 6.45) is 0. The first-order valence-electron chi connectivity index (χ1n) is 15.8. The van der Waals surface area contributed by atoms with Crippen LogP contribution in [-0.2, 0) is 0 Å². The van der Waals surface area contributed by atoms with Crippen molar-refractivity contribution in [3.8, 4) is 0 Å². The van der Waals surface area contributed by atoms with Crippen molar-refractivity contribution in [1.82, 2.24) is 9.97 Å². The van der Waals surface area contributed by atoms with E-state index in [9.17, 15) is 0 Å². The van der Waals surface area contributed by atoms with Crippen molar-refractivity contribution >= 4 is 108 Å². The molecule has 2 nitrogen and oxygen atoms in total. The minimum absolute atomic E-state index is 0.949. The van der Waals surface area contributed by atoms with Crippen LogP contribution in [0.4, 0.5) is 0 Å². The van der Waals surface area contributed by atoms with E-state index >= 15 is 0 Å². The molecular formula is C44H24N2. The highest BCUT2D eigenvalue weighted by Crippen LogP contribution is 2.45. The largest absolute Gasteiger partial charge is 0.243 e. The molecule has 11 aromatic rings. The Labute approximate surface area is 263 Å². The number of rotatable bonds is 0. The van der Waals surface area contributed by atoms with E-state index in [0.717, 1.165) is 43.6 Å². The Morgan fingerprint density at radius 3 is 1.00 bits per heavy atom. The molecule has 0 unspecified atom stereocenters. The molecule has 1 heterocycles. The van der Waals surface area contributed by atoms with Crippen LogP contribution < -0.4 is 0 Å². The highest BCUT2D eigenvalue weighted by Gasteiger charge is 2.20. The van der Waals surface area contributed by atoms with Crippen LogP contribution >= 0.6 is 0 Å². The molecule has 10 aromatic carbocycles. The lowest BCUT2D eigenvalue weighted by atomic mass is 9.88. The van der Waals surface area contributed by atoms with Gasteiger partial charge in [-0.3, -0.25) is 0 Å². The van der Waals surface area contributed by atoms with Crippen molar-refractivity contribution < 1.29 is 0 Å². The van der Waals surface area contributed by atoms with E-state index < -0.39 is 0 Å². The quantitative estimate of drug-likeness (QED) is 0.132. The Kier molecular flexibility index (Phi) is 4.61. The van der Waals surface area contributed by atoms with E-state index in [4.69, 9.17) is 9.97 Å². The average Bonchev–Trinajstić information content (AvgIpc) is 3.13. The standard InChI is InChI=1S/C44H24N2/c1-3-11-29-25(9-1)17-19-27-21-23-35-39(37(27)29)40-36(24-22-28-20-18-26-10-2-4-12-30(26)38(28)40)44-43(35)45-41-33-15-7-5-13-31(33)32-14-6-8-16-34(32)42(41)46-44/h1-24H. The highest BCUT2D eigenvalue weighted by atomic mass is 14.8. The third-order valence-electron chi connectivity index (χ3n) is 10.1. The number of fused-ring (bicyclic) bond motifs is 20. The van der Waals surface area contributed by atoms with Crippen molar-refractivity contribution in [3.05, 3.63) is 146 Å². The number of hydrogen-bond acceptors (Lipinski definition) is 2. The molecule has 0 aliphatic rings. The smallest absolute Gasteiger partial charge is 0.0980 e. The van der Waals surface area contributed by atoms with Gasteiger partial charge >= 0.3 is 0 Å². The van der Waals surface area contributed by atoms with Gasteiger partial charge in [0.1, 0.15) is 0 Å². The van der Waals surface area contributed by atoms with Gasteiger partial charge in [-0.2, -0.15) is 0 Å². The summed E-state index contributed by atoms with van der Waals surface area (Å²) in [5.41, 5.74) is 3.80. The number of aromatic nitrogens is 2. The Hall–Kier alpha value is -6.12. The highest BCUT2D eigenvalue weighted by molar-refractivity contribution is 6.41. The molecule has 0 fully saturated rings. The van der Waals surface area contributed by atoms with Gasteiger partial charge in [0.15, 0.2) is 0 Å². The third kappa shape index (κ3) is 3.05. The van der Waals surface area contributed by atoms with Gasteiger partial charge in [0, 0.05) is 32.3 Å². The molecule has 0 N–H and O–H groups in total. The zero-order valence-electron chi connectivity index (χ0n) is 24.8. The molecule has 0 spiro atoms. The van der Waals surface area contributed by atoms with E-state index in [1.807, 2.05) is 0 Å². The van der Waals surface area contributed by atoms with Crippen LogP contribution in [0.2, 0.25) is 0 Å². The first-order chi connectivity index (χ1) is 22.8. The summed E-state index contributed by atoms with van der Waals surface area (Å²) < 4.78 is 0. The fourth-order valence-electron chi connectivity index (χ4n) is 8.14. The summed E-state index contributed by atoms with van der Waals surface area (Å²) >= 11 is 0. The zero-order valence-corrected chi connectivity index (χ0v) is 24.8. The Morgan fingerprint density at radius 2 is 0.543 bits per heavy atom. The van der Waals surface area contributed by atoms with E-state index in [1.165, 1.54) is 64.6 Å². The Balaban J connectivity index is 1.51. The maximum absolute atomic E-state index is 5.60. The predicted octanol–water partition coefficient (Wildman–Crippen LogP) is 12.0. The normalized spacial score (nSPS) is 12.3. The predicted molar refractivity (Wildman–Crippen MR) is 197 cm³/mol. The molecule has 0 saturated heterocycles. The van der Waals surface area contributed by atoms with Gasteiger partial charge in [-0.1, -0.05) is 146 Å². The first kappa shape index (κ1) is 24.2. The Morgan fingerprint density at radius 1 is 0.217 bits per heavy atom. The summed E-state index contributed by atoms with van der Waals surface area (Å²) in [5.74, 6) is 0.